The van der Waals surface area contributed by atoms with E-state index in [0.29, 0.717) is 18.6 Å². The van der Waals surface area contributed by atoms with Crippen LogP contribution in [0.15, 0.2) is 18.2 Å². The zero-order chi connectivity index (χ0) is 13.1. The van der Waals surface area contributed by atoms with E-state index in [4.69, 9.17) is 0 Å². The van der Waals surface area contributed by atoms with Gasteiger partial charge in [0.05, 0.1) is 17.7 Å². The van der Waals surface area contributed by atoms with Crippen LogP contribution in [0.2, 0.25) is 0 Å². The smallest absolute Gasteiger partial charge is 0.419 e. The number of carbonyl (C=O) groups excluding carboxylic acids is 1. The molecule has 0 heterocycles. The lowest BCUT2D eigenvalue weighted by atomic mass is 10.1. The van der Waals surface area contributed by atoms with Crippen molar-refractivity contribution in [2.45, 2.75) is 19.5 Å². The van der Waals surface area contributed by atoms with Crippen molar-refractivity contribution >= 4 is 5.97 Å². The molecule has 0 bridgehead atoms. The van der Waals surface area contributed by atoms with E-state index in [0.717, 1.165) is 6.07 Å². The Balaban J connectivity index is 3.00. The molecule has 0 atom stereocenters. The highest BCUT2D eigenvalue weighted by molar-refractivity contribution is 5.89. The highest BCUT2D eigenvalue weighted by Gasteiger charge is 2.34. The summed E-state index contributed by atoms with van der Waals surface area (Å²) in [6.07, 6.45) is -4.27. The highest BCUT2D eigenvalue weighted by Crippen LogP contribution is 2.31. The monoisotopic (exact) mass is 250 g/mol. The molecule has 0 N–H and O–H groups in total. The summed E-state index contributed by atoms with van der Waals surface area (Å²) in [5, 5.41) is 0. The number of hydrogen-bond donors (Lipinski definition) is 0. The molecule has 0 fully saturated rings. The summed E-state index contributed by atoms with van der Waals surface area (Å²) < 4.78 is 54.6. The van der Waals surface area contributed by atoms with Crippen molar-refractivity contribution in [2.75, 3.05) is 6.61 Å². The second-order valence-electron chi connectivity index (χ2n) is 3.33. The first-order valence-electron chi connectivity index (χ1n) is 4.90. The van der Waals surface area contributed by atoms with Gasteiger partial charge in [-0.3, -0.25) is 0 Å². The Morgan fingerprint density at radius 3 is 2.53 bits per heavy atom. The van der Waals surface area contributed by atoms with Crippen LogP contribution < -0.4 is 0 Å². The molecule has 2 nitrogen and oxygen atoms in total. The largest absolute Gasteiger partial charge is 0.462 e. The van der Waals surface area contributed by atoms with Gasteiger partial charge in [0.25, 0.3) is 0 Å². The Labute approximate surface area is 95.2 Å². The topological polar surface area (TPSA) is 26.3 Å². The summed E-state index contributed by atoms with van der Waals surface area (Å²) in [4.78, 5) is 11.3. The molecule has 1 aromatic rings. The molecule has 0 saturated carbocycles. The van der Waals surface area contributed by atoms with E-state index >= 15 is 0 Å². The molecule has 1 rings (SSSR count). The fourth-order valence-corrected chi connectivity index (χ4v) is 1.15. The first-order valence-corrected chi connectivity index (χ1v) is 4.90. The van der Waals surface area contributed by atoms with Crippen LogP contribution in [0.5, 0.6) is 0 Å². The fourth-order valence-electron chi connectivity index (χ4n) is 1.15. The molecule has 0 aliphatic carbocycles. The van der Waals surface area contributed by atoms with Crippen molar-refractivity contribution in [1.82, 2.24) is 0 Å². The van der Waals surface area contributed by atoms with E-state index in [1.165, 1.54) is 0 Å². The van der Waals surface area contributed by atoms with E-state index in [-0.39, 0.29) is 12.2 Å². The van der Waals surface area contributed by atoms with Gasteiger partial charge in [-0.05, 0) is 24.6 Å². The average molecular weight is 250 g/mol. The van der Waals surface area contributed by atoms with Gasteiger partial charge >= 0.3 is 12.1 Å². The van der Waals surface area contributed by atoms with Gasteiger partial charge in [0.2, 0.25) is 0 Å². The van der Waals surface area contributed by atoms with Gasteiger partial charge in [-0.25, -0.2) is 9.18 Å². The molecule has 0 unspecified atom stereocenters. The van der Waals surface area contributed by atoms with Crippen molar-refractivity contribution in [3.8, 4) is 0 Å². The molecule has 6 heteroatoms. The van der Waals surface area contributed by atoms with Crippen molar-refractivity contribution in [1.29, 1.82) is 0 Å². The van der Waals surface area contributed by atoms with Crippen LogP contribution in [0.25, 0.3) is 0 Å². The minimum Gasteiger partial charge on any atom is -0.462 e. The average Bonchev–Trinajstić information content (AvgIpc) is 2.25. The first-order chi connectivity index (χ1) is 7.86. The molecule has 94 valence electrons. The number of alkyl halides is 3. The standard InChI is InChI=1S/C11H10F4O2/c1-2-5-17-10(16)7-3-4-9(12)8(6-7)11(13,14)15/h3-4,6H,2,5H2,1H3. The summed E-state index contributed by atoms with van der Waals surface area (Å²) in [5.41, 5.74) is -1.78. The van der Waals surface area contributed by atoms with Crippen LogP contribution in [0, 0.1) is 5.82 Å². The van der Waals surface area contributed by atoms with E-state index < -0.39 is 23.5 Å². The molecular weight excluding hydrogens is 240 g/mol. The molecule has 0 spiro atoms. The lowest BCUT2D eigenvalue weighted by Crippen LogP contribution is -2.12. The zero-order valence-electron chi connectivity index (χ0n) is 8.97. The minimum absolute atomic E-state index is 0.109. The number of rotatable bonds is 3. The lowest BCUT2D eigenvalue weighted by Gasteiger charge is -2.09. The second kappa shape index (κ2) is 5.16. The van der Waals surface area contributed by atoms with Gasteiger partial charge in [-0.2, -0.15) is 13.2 Å². The number of benzene rings is 1. The predicted molar refractivity (Wildman–Crippen MR) is 52.0 cm³/mol. The van der Waals surface area contributed by atoms with Gasteiger partial charge < -0.3 is 4.74 Å². The summed E-state index contributed by atoms with van der Waals surface area (Å²) in [5.74, 6) is -2.30. The third-order valence-corrected chi connectivity index (χ3v) is 1.94. The van der Waals surface area contributed by atoms with Gasteiger partial charge in [0, 0.05) is 0 Å². The van der Waals surface area contributed by atoms with Crippen molar-refractivity contribution in [3.05, 3.63) is 35.1 Å². The van der Waals surface area contributed by atoms with Gasteiger partial charge in [-0.1, -0.05) is 6.92 Å². The van der Waals surface area contributed by atoms with Crippen LogP contribution in [0.1, 0.15) is 29.3 Å². The molecule has 0 aliphatic rings. The Morgan fingerprint density at radius 2 is 2.00 bits per heavy atom. The maximum absolute atomic E-state index is 12.9. The number of hydrogen-bond acceptors (Lipinski definition) is 2. The highest BCUT2D eigenvalue weighted by atomic mass is 19.4. The Morgan fingerprint density at radius 1 is 1.35 bits per heavy atom. The normalized spacial score (nSPS) is 11.4. The summed E-state index contributed by atoms with van der Waals surface area (Å²) in [6.45, 7) is 1.86. The van der Waals surface area contributed by atoms with Crippen LogP contribution in [0.4, 0.5) is 17.6 Å². The Bertz CT molecular complexity index is 412. The van der Waals surface area contributed by atoms with E-state index in [2.05, 4.69) is 4.74 Å². The van der Waals surface area contributed by atoms with Crippen molar-refractivity contribution in [2.24, 2.45) is 0 Å². The maximum Gasteiger partial charge on any atom is 0.419 e. The van der Waals surface area contributed by atoms with Crippen LogP contribution in [0.3, 0.4) is 0 Å². The predicted octanol–water partition coefficient (Wildman–Crippen LogP) is 3.41. The molecular formula is C11H10F4O2. The van der Waals surface area contributed by atoms with Crippen LogP contribution >= 0.6 is 0 Å². The third kappa shape index (κ3) is 3.44. The molecule has 17 heavy (non-hydrogen) atoms. The van der Waals surface area contributed by atoms with Crippen molar-refractivity contribution < 1.29 is 27.1 Å². The summed E-state index contributed by atoms with van der Waals surface area (Å²) in [7, 11) is 0. The fraction of sp³-hybridized carbons (Fsp3) is 0.364. The van der Waals surface area contributed by atoms with Gasteiger partial charge in [-0.15, -0.1) is 0 Å². The zero-order valence-corrected chi connectivity index (χ0v) is 8.97. The third-order valence-electron chi connectivity index (χ3n) is 1.94. The summed E-state index contributed by atoms with van der Waals surface area (Å²) >= 11 is 0. The quantitative estimate of drug-likeness (QED) is 0.607. The number of esters is 1. The lowest BCUT2D eigenvalue weighted by molar-refractivity contribution is -0.140. The number of ether oxygens (including phenoxy) is 1. The van der Waals surface area contributed by atoms with Gasteiger partial charge in [0.1, 0.15) is 5.82 Å². The molecule has 0 amide bonds. The molecule has 1 aromatic carbocycles. The Hall–Kier alpha value is -1.59. The number of halogens is 4. The van der Waals surface area contributed by atoms with E-state index in [1.807, 2.05) is 0 Å². The van der Waals surface area contributed by atoms with Gasteiger partial charge in [0.15, 0.2) is 0 Å². The number of carbonyl (C=O) groups is 1. The maximum atomic E-state index is 12.9. The second-order valence-corrected chi connectivity index (χ2v) is 3.33. The minimum atomic E-state index is -4.83. The van der Waals surface area contributed by atoms with Crippen LogP contribution in [-0.2, 0) is 10.9 Å². The first kappa shape index (κ1) is 13.5. The molecule has 0 aromatic heterocycles. The van der Waals surface area contributed by atoms with Crippen LogP contribution in [-0.4, -0.2) is 12.6 Å². The molecule has 0 radical (unpaired) electrons. The SMILES string of the molecule is CCCOC(=O)c1ccc(F)c(C(F)(F)F)c1. The van der Waals surface area contributed by atoms with Crippen molar-refractivity contribution in [3.63, 3.8) is 0 Å². The Kier molecular flexibility index (Phi) is 4.09. The molecule has 0 aliphatic heterocycles. The van der Waals surface area contributed by atoms with E-state index in [1.54, 1.807) is 6.92 Å². The molecule has 0 saturated heterocycles. The summed E-state index contributed by atoms with van der Waals surface area (Å²) in [6, 6.07) is 2.02. The van der Waals surface area contributed by atoms with E-state index in [9.17, 15) is 22.4 Å².